The van der Waals surface area contributed by atoms with Crippen molar-refractivity contribution >= 4 is 15.9 Å². The molecule has 5 heteroatoms. The summed E-state index contributed by atoms with van der Waals surface area (Å²) in [6.45, 7) is 1.24. The van der Waals surface area contributed by atoms with Gasteiger partial charge in [0.25, 0.3) is 0 Å². The second kappa shape index (κ2) is 6.56. The molecule has 21 heavy (non-hydrogen) atoms. The lowest BCUT2D eigenvalue weighted by molar-refractivity contribution is -0.0468. The smallest absolute Gasteiger partial charge is 0.187 e. The highest BCUT2D eigenvalue weighted by atomic mass is 79.9. The van der Waals surface area contributed by atoms with Crippen molar-refractivity contribution in [3.63, 3.8) is 0 Å². The summed E-state index contributed by atoms with van der Waals surface area (Å²) >= 11 is 3.36. The van der Waals surface area contributed by atoms with Gasteiger partial charge in [-0.3, -0.25) is 0 Å². The Balaban J connectivity index is 1.81. The van der Waals surface area contributed by atoms with Crippen LogP contribution in [0, 0.1) is 5.82 Å². The van der Waals surface area contributed by atoms with Crippen molar-refractivity contribution in [2.45, 2.75) is 12.9 Å². The van der Waals surface area contributed by atoms with E-state index in [1.165, 1.54) is 0 Å². The van der Waals surface area contributed by atoms with E-state index in [0.717, 1.165) is 10.0 Å². The molecule has 1 aliphatic rings. The van der Waals surface area contributed by atoms with Crippen LogP contribution in [0.5, 0.6) is 5.75 Å². The standard InChI is InChI=1S/C16H14BrFO3/c17-12-8-13(16-19-6-7-20-16)15(18)14(9-12)21-10-11-4-2-1-3-5-11/h1-5,8-9,16H,6-7,10H2. The second-order valence-corrected chi connectivity index (χ2v) is 5.57. The quantitative estimate of drug-likeness (QED) is 0.824. The minimum Gasteiger partial charge on any atom is -0.486 e. The van der Waals surface area contributed by atoms with Crippen LogP contribution in [0.25, 0.3) is 0 Å². The zero-order valence-corrected chi connectivity index (χ0v) is 12.8. The van der Waals surface area contributed by atoms with E-state index in [1.54, 1.807) is 12.1 Å². The Hall–Kier alpha value is -1.43. The van der Waals surface area contributed by atoms with Gasteiger partial charge in [-0.15, -0.1) is 0 Å². The summed E-state index contributed by atoms with van der Waals surface area (Å²) in [6, 6.07) is 12.9. The number of hydrogen-bond donors (Lipinski definition) is 0. The summed E-state index contributed by atoms with van der Waals surface area (Å²) in [6.07, 6.45) is -0.665. The van der Waals surface area contributed by atoms with Crippen LogP contribution in [0.15, 0.2) is 46.9 Å². The van der Waals surface area contributed by atoms with Gasteiger partial charge in [0, 0.05) is 10.0 Å². The van der Waals surface area contributed by atoms with Gasteiger partial charge in [0.05, 0.1) is 13.2 Å². The van der Waals surface area contributed by atoms with Gasteiger partial charge < -0.3 is 14.2 Å². The molecule has 0 bridgehead atoms. The molecule has 3 rings (SSSR count). The molecule has 0 saturated carbocycles. The summed E-state index contributed by atoms with van der Waals surface area (Å²) < 4.78 is 31.5. The van der Waals surface area contributed by atoms with E-state index in [0.29, 0.717) is 25.4 Å². The predicted octanol–water partition coefficient (Wildman–Crippen LogP) is 4.21. The first kappa shape index (κ1) is 14.5. The highest BCUT2D eigenvalue weighted by Crippen LogP contribution is 2.34. The molecule has 0 amide bonds. The molecule has 0 N–H and O–H groups in total. The van der Waals surface area contributed by atoms with Crippen LogP contribution in [0.2, 0.25) is 0 Å². The van der Waals surface area contributed by atoms with Crippen molar-refractivity contribution in [3.05, 3.63) is 63.9 Å². The van der Waals surface area contributed by atoms with Gasteiger partial charge in [-0.2, -0.15) is 0 Å². The molecule has 0 spiro atoms. The van der Waals surface area contributed by atoms with Crippen molar-refractivity contribution in [1.82, 2.24) is 0 Å². The van der Waals surface area contributed by atoms with E-state index in [4.69, 9.17) is 14.2 Å². The molecule has 0 aromatic heterocycles. The maximum atomic E-state index is 14.5. The van der Waals surface area contributed by atoms with Gasteiger partial charge in [0.1, 0.15) is 6.61 Å². The Kier molecular flexibility index (Phi) is 4.53. The second-order valence-electron chi connectivity index (χ2n) is 4.65. The molecule has 110 valence electrons. The average molecular weight is 353 g/mol. The summed E-state index contributed by atoms with van der Waals surface area (Å²) in [5.74, 6) is -0.261. The third-order valence-corrected chi connectivity index (χ3v) is 3.60. The number of ether oxygens (including phenoxy) is 3. The van der Waals surface area contributed by atoms with E-state index < -0.39 is 12.1 Å². The monoisotopic (exact) mass is 352 g/mol. The van der Waals surface area contributed by atoms with Crippen molar-refractivity contribution in [2.75, 3.05) is 13.2 Å². The number of benzene rings is 2. The van der Waals surface area contributed by atoms with Crippen LogP contribution in [0.1, 0.15) is 17.4 Å². The van der Waals surface area contributed by atoms with Gasteiger partial charge in [-0.25, -0.2) is 4.39 Å². The molecule has 0 radical (unpaired) electrons. The topological polar surface area (TPSA) is 27.7 Å². The lowest BCUT2D eigenvalue weighted by atomic mass is 10.2. The first-order valence-electron chi connectivity index (χ1n) is 6.63. The van der Waals surface area contributed by atoms with E-state index >= 15 is 0 Å². The molecule has 1 saturated heterocycles. The van der Waals surface area contributed by atoms with E-state index in [1.807, 2.05) is 30.3 Å². The largest absolute Gasteiger partial charge is 0.486 e. The minimum atomic E-state index is -0.665. The van der Waals surface area contributed by atoms with Crippen LogP contribution in [0.4, 0.5) is 4.39 Å². The van der Waals surface area contributed by atoms with Crippen molar-refractivity contribution < 1.29 is 18.6 Å². The number of hydrogen-bond acceptors (Lipinski definition) is 3. The molecule has 1 heterocycles. The van der Waals surface area contributed by atoms with Gasteiger partial charge in [-0.05, 0) is 17.7 Å². The fourth-order valence-electron chi connectivity index (χ4n) is 2.13. The summed E-state index contributed by atoms with van der Waals surface area (Å²) in [7, 11) is 0. The highest BCUT2D eigenvalue weighted by Gasteiger charge is 2.24. The molecule has 3 nitrogen and oxygen atoms in total. The highest BCUT2D eigenvalue weighted by molar-refractivity contribution is 9.10. The SMILES string of the molecule is Fc1c(OCc2ccccc2)cc(Br)cc1C1OCCO1. The molecule has 0 unspecified atom stereocenters. The van der Waals surface area contributed by atoms with Gasteiger partial charge in [0.15, 0.2) is 17.9 Å². The Morgan fingerprint density at radius 3 is 2.57 bits per heavy atom. The van der Waals surface area contributed by atoms with Gasteiger partial charge in [0.2, 0.25) is 0 Å². The number of rotatable bonds is 4. The fourth-order valence-corrected chi connectivity index (χ4v) is 2.59. The Labute approximate surface area is 130 Å². The lowest BCUT2D eigenvalue weighted by Crippen LogP contribution is -2.05. The Morgan fingerprint density at radius 2 is 1.86 bits per heavy atom. The van der Waals surface area contributed by atoms with E-state index in [9.17, 15) is 4.39 Å². The van der Waals surface area contributed by atoms with Crippen LogP contribution in [0.3, 0.4) is 0 Å². The predicted molar refractivity (Wildman–Crippen MR) is 79.5 cm³/mol. The zero-order valence-electron chi connectivity index (χ0n) is 11.2. The zero-order chi connectivity index (χ0) is 14.7. The summed E-state index contributed by atoms with van der Waals surface area (Å²) in [5.41, 5.74) is 1.33. The first-order valence-corrected chi connectivity index (χ1v) is 7.42. The van der Waals surface area contributed by atoms with Crippen LogP contribution >= 0.6 is 15.9 Å². The van der Waals surface area contributed by atoms with Gasteiger partial charge >= 0.3 is 0 Å². The van der Waals surface area contributed by atoms with Crippen LogP contribution in [-0.4, -0.2) is 13.2 Å². The van der Waals surface area contributed by atoms with Crippen LogP contribution in [-0.2, 0) is 16.1 Å². The van der Waals surface area contributed by atoms with E-state index in [-0.39, 0.29) is 5.75 Å². The molecule has 1 fully saturated rings. The van der Waals surface area contributed by atoms with Crippen LogP contribution < -0.4 is 4.74 Å². The molecule has 0 atom stereocenters. The molecule has 2 aromatic rings. The maximum Gasteiger partial charge on any atom is 0.187 e. The van der Waals surface area contributed by atoms with Crippen molar-refractivity contribution in [2.24, 2.45) is 0 Å². The normalized spacial score (nSPS) is 15.3. The molecule has 1 aliphatic heterocycles. The molecular formula is C16H14BrFO3. The average Bonchev–Trinajstić information content (AvgIpc) is 3.03. The minimum absolute atomic E-state index is 0.183. The molecular weight excluding hydrogens is 339 g/mol. The Morgan fingerprint density at radius 1 is 1.14 bits per heavy atom. The Bertz CT molecular complexity index is 612. The van der Waals surface area contributed by atoms with E-state index in [2.05, 4.69) is 15.9 Å². The lowest BCUT2D eigenvalue weighted by Gasteiger charge is -2.14. The third kappa shape index (κ3) is 3.43. The maximum absolute atomic E-state index is 14.5. The van der Waals surface area contributed by atoms with Gasteiger partial charge in [-0.1, -0.05) is 46.3 Å². The molecule has 2 aromatic carbocycles. The first-order chi connectivity index (χ1) is 10.2. The molecule has 0 aliphatic carbocycles. The summed E-state index contributed by atoms with van der Waals surface area (Å²) in [4.78, 5) is 0. The van der Waals surface area contributed by atoms with Crippen molar-refractivity contribution in [1.29, 1.82) is 0 Å². The fraction of sp³-hybridized carbons (Fsp3) is 0.250. The third-order valence-electron chi connectivity index (χ3n) is 3.15. The summed E-state index contributed by atoms with van der Waals surface area (Å²) in [5, 5.41) is 0. The van der Waals surface area contributed by atoms with Crippen molar-refractivity contribution in [3.8, 4) is 5.75 Å². The number of halogens is 2.